The fourth-order valence-corrected chi connectivity index (χ4v) is 3.50. The van der Waals surface area contributed by atoms with Crippen molar-refractivity contribution in [1.82, 2.24) is 20.1 Å². The van der Waals surface area contributed by atoms with Crippen LogP contribution in [0, 0.1) is 0 Å². The maximum atomic E-state index is 12.7. The molecule has 1 atom stereocenters. The van der Waals surface area contributed by atoms with Crippen LogP contribution >= 0.6 is 0 Å². The first kappa shape index (κ1) is 15.6. The lowest BCUT2D eigenvalue weighted by atomic mass is 9.90. The van der Waals surface area contributed by atoms with E-state index in [1.54, 1.807) is 12.3 Å². The van der Waals surface area contributed by atoms with E-state index < -0.39 is 0 Å². The Labute approximate surface area is 146 Å². The number of hydrogen-bond donors (Lipinski definition) is 1. The number of pyridine rings is 1. The number of rotatable bonds is 3. The summed E-state index contributed by atoms with van der Waals surface area (Å²) in [5.74, 6) is 0.269. The van der Waals surface area contributed by atoms with E-state index in [-0.39, 0.29) is 11.8 Å². The second-order valence-electron chi connectivity index (χ2n) is 6.37. The molecular formula is C20H20N4O. The maximum absolute atomic E-state index is 12.7. The smallest absolute Gasteiger partial charge is 0.272 e. The molecule has 1 aliphatic rings. The third-order valence-electron chi connectivity index (χ3n) is 4.75. The minimum Gasteiger partial charge on any atom is -0.337 e. The summed E-state index contributed by atoms with van der Waals surface area (Å²) in [4.78, 5) is 18.8. The van der Waals surface area contributed by atoms with Crippen LogP contribution in [0.3, 0.4) is 0 Å². The summed E-state index contributed by atoms with van der Waals surface area (Å²) in [6, 6.07) is 15.7. The molecule has 0 spiro atoms. The highest BCUT2D eigenvalue weighted by Crippen LogP contribution is 2.33. The number of nitrogens with zero attached hydrogens (tertiary/aromatic N) is 3. The van der Waals surface area contributed by atoms with E-state index in [4.69, 9.17) is 0 Å². The number of aromatic nitrogens is 3. The second kappa shape index (κ2) is 6.89. The quantitative estimate of drug-likeness (QED) is 0.798. The lowest BCUT2D eigenvalue weighted by Crippen LogP contribution is -2.39. The number of H-pyrrole nitrogens is 1. The minimum atomic E-state index is 0.00563. The molecule has 1 saturated heterocycles. The van der Waals surface area contributed by atoms with Crippen molar-refractivity contribution in [2.45, 2.75) is 18.8 Å². The fourth-order valence-electron chi connectivity index (χ4n) is 3.50. The number of nitrogens with one attached hydrogen (secondary N) is 1. The van der Waals surface area contributed by atoms with Gasteiger partial charge in [0.05, 0.1) is 6.20 Å². The highest BCUT2D eigenvalue weighted by atomic mass is 16.2. The molecule has 0 saturated carbocycles. The lowest BCUT2D eigenvalue weighted by Gasteiger charge is -2.32. The molecule has 0 radical (unpaired) electrons. The van der Waals surface area contributed by atoms with E-state index in [1.165, 1.54) is 0 Å². The number of carbonyl (C=O) groups is 1. The Morgan fingerprint density at radius 1 is 1.12 bits per heavy atom. The van der Waals surface area contributed by atoms with Gasteiger partial charge in [0.1, 0.15) is 5.69 Å². The van der Waals surface area contributed by atoms with E-state index in [9.17, 15) is 4.79 Å². The van der Waals surface area contributed by atoms with Gasteiger partial charge in [-0.25, -0.2) is 0 Å². The van der Waals surface area contributed by atoms with E-state index in [1.807, 2.05) is 41.4 Å². The van der Waals surface area contributed by atoms with E-state index in [0.29, 0.717) is 12.2 Å². The average molecular weight is 332 g/mol. The van der Waals surface area contributed by atoms with Crippen molar-refractivity contribution in [2.75, 3.05) is 13.1 Å². The van der Waals surface area contributed by atoms with Gasteiger partial charge in [-0.05, 0) is 30.5 Å². The van der Waals surface area contributed by atoms with E-state index in [0.717, 1.165) is 36.2 Å². The van der Waals surface area contributed by atoms with Crippen LogP contribution in [0.2, 0.25) is 0 Å². The molecule has 1 aliphatic heterocycles. The summed E-state index contributed by atoms with van der Waals surface area (Å²) in [7, 11) is 0. The largest absolute Gasteiger partial charge is 0.337 e. The van der Waals surface area contributed by atoms with Gasteiger partial charge in [-0.2, -0.15) is 5.10 Å². The molecule has 1 aromatic carbocycles. The van der Waals surface area contributed by atoms with Gasteiger partial charge in [-0.3, -0.25) is 14.9 Å². The molecule has 4 rings (SSSR count). The molecule has 3 aromatic rings. The number of amides is 1. The van der Waals surface area contributed by atoms with Gasteiger partial charge in [0.15, 0.2) is 0 Å². The highest BCUT2D eigenvalue weighted by Gasteiger charge is 2.28. The molecule has 1 N–H and O–H groups in total. The molecule has 25 heavy (non-hydrogen) atoms. The van der Waals surface area contributed by atoms with Gasteiger partial charge in [0.25, 0.3) is 5.91 Å². The highest BCUT2D eigenvalue weighted by molar-refractivity contribution is 5.92. The van der Waals surface area contributed by atoms with Crippen molar-refractivity contribution < 1.29 is 4.79 Å². The predicted molar refractivity (Wildman–Crippen MR) is 96.1 cm³/mol. The first-order valence-corrected chi connectivity index (χ1v) is 8.62. The second-order valence-corrected chi connectivity index (χ2v) is 6.37. The zero-order chi connectivity index (χ0) is 17.1. The summed E-state index contributed by atoms with van der Waals surface area (Å²) in [5, 5.41) is 7.43. The van der Waals surface area contributed by atoms with Crippen LogP contribution in [-0.2, 0) is 0 Å². The number of aromatic amines is 1. The summed E-state index contributed by atoms with van der Waals surface area (Å²) in [5.41, 5.74) is 3.90. The molecule has 1 fully saturated rings. The van der Waals surface area contributed by atoms with E-state index in [2.05, 4.69) is 27.3 Å². The first-order valence-electron chi connectivity index (χ1n) is 8.62. The van der Waals surface area contributed by atoms with Crippen LogP contribution in [0.1, 0.15) is 34.9 Å². The van der Waals surface area contributed by atoms with Crippen molar-refractivity contribution in [3.63, 3.8) is 0 Å². The molecule has 126 valence electrons. The van der Waals surface area contributed by atoms with Gasteiger partial charge in [0.2, 0.25) is 0 Å². The molecule has 0 aliphatic carbocycles. The summed E-state index contributed by atoms with van der Waals surface area (Å²) >= 11 is 0. The summed E-state index contributed by atoms with van der Waals surface area (Å²) in [6.45, 7) is 1.47. The van der Waals surface area contributed by atoms with Crippen molar-refractivity contribution in [3.8, 4) is 11.1 Å². The molecule has 3 heterocycles. The van der Waals surface area contributed by atoms with Gasteiger partial charge < -0.3 is 4.90 Å². The number of likely N-dealkylation sites (tertiary alicyclic amines) is 1. The molecule has 1 amide bonds. The van der Waals surface area contributed by atoms with Crippen LogP contribution in [0.15, 0.2) is 60.9 Å². The topological polar surface area (TPSA) is 61.9 Å². The number of benzene rings is 1. The van der Waals surface area contributed by atoms with Crippen LogP contribution < -0.4 is 0 Å². The predicted octanol–water partition coefficient (Wildman–Crippen LogP) is 3.49. The third kappa shape index (κ3) is 3.18. The van der Waals surface area contributed by atoms with Crippen molar-refractivity contribution in [1.29, 1.82) is 0 Å². The zero-order valence-corrected chi connectivity index (χ0v) is 13.9. The summed E-state index contributed by atoms with van der Waals surface area (Å²) < 4.78 is 0. The minimum absolute atomic E-state index is 0.00563. The summed E-state index contributed by atoms with van der Waals surface area (Å²) in [6.07, 6.45) is 5.58. The Morgan fingerprint density at radius 3 is 2.76 bits per heavy atom. The Bertz CT molecular complexity index is 844. The molecule has 1 unspecified atom stereocenters. The molecule has 0 bridgehead atoms. The number of piperidine rings is 1. The SMILES string of the molecule is O=C(c1ccccn1)N1CCCC(c2[nH]ncc2-c2ccccc2)C1. The van der Waals surface area contributed by atoms with Crippen molar-refractivity contribution in [2.24, 2.45) is 0 Å². The fraction of sp³-hybridized carbons (Fsp3) is 0.250. The molecular weight excluding hydrogens is 312 g/mol. The van der Waals surface area contributed by atoms with Crippen LogP contribution in [0.5, 0.6) is 0 Å². The Morgan fingerprint density at radius 2 is 1.96 bits per heavy atom. The molecule has 5 heteroatoms. The molecule has 5 nitrogen and oxygen atoms in total. The van der Waals surface area contributed by atoms with Gasteiger partial charge >= 0.3 is 0 Å². The number of carbonyl (C=O) groups excluding carboxylic acids is 1. The van der Waals surface area contributed by atoms with Gasteiger partial charge in [-0.1, -0.05) is 36.4 Å². The zero-order valence-electron chi connectivity index (χ0n) is 13.9. The molecule has 2 aromatic heterocycles. The monoisotopic (exact) mass is 332 g/mol. The van der Waals surface area contributed by atoms with Crippen LogP contribution in [0.4, 0.5) is 0 Å². The Kier molecular flexibility index (Phi) is 4.29. The Hall–Kier alpha value is -2.95. The van der Waals surface area contributed by atoms with E-state index >= 15 is 0 Å². The van der Waals surface area contributed by atoms with Crippen LogP contribution in [-0.4, -0.2) is 39.1 Å². The van der Waals surface area contributed by atoms with Crippen LogP contribution in [0.25, 0.3) is 11.1 Å². The third-order valence-corrected chi connectivity index (χ3v) is 4.75. The maximum Gasteiger partial charge on any atom is 0.272 e. The normalized spacial score (nSPS) is 17.4. The van der Waals surface area contributed by atoms with Gasteiger partial charge in [-0.15, -0.1) is 0 Å². The van der Waals surface area contributed by atoms with Crippen molar-refractivity contribution in [3.05, 3.63) is 72.3 Å². The average Bonchev–Trinajstić information content (AvgIpc) is 3.19. The van der Waals surface area contributed by atoms with Crippen molar-refractivity contribution >= 4 is 5.91 Å². The number of hydrogen-bond acceptors (Lipinski definition) is 3. The van der Waals surface area contributed by atoms with Gasteiger partial charge in [0, 0.05) is 36.5 Å². The first-order chi connectivity index (χ1) is 12.3. The lowest BCUT2D eigenvalue weighted by molar-refractivity contribution is 0.0700. The Balaban J connectivity index is 1.57. The standard InChI is InChI=1S/C20H20N4O/c25-20(18-10-4-5-11-21-18)24-12-6-9-16(14-24)19-17(13-22-23-19)15-7-2-1-3-8-15/h1-5,7-8,10-11,13,16H,6,9,12,14H2,(H,22,23).